The molecule has 0 saturated carbocycles. The van der Waals surface area contributed by atoms with Crippen molar-refractivity contribution in [1.82, 2.24) is 15.3 Å². The second-order valence-corrected chi connectivity index (χ2v) is 9.87. The average molecular weight is 467 g/mol. The molecule has 0 bridgehead atoms. The number of nitrogens with one attached hydrogen (secondary N) is 1. The largest absolute Gasteiger partial charge is 0.452 e. The molecule has 1 aromatic carbocycles. The minimum atomic E-state index is -0.538. The maximum absolute atomic E-state index is 13.1. The molecule has 0 atom stereocenters. The molecule has 1 N–H and O–H groups in total. The van der Waals surface area contributed by atoms with Gasteiger partial charge in [-0.15, -0.1) is 0 Å². The standard InChI is InChI=1S/C25H30N4O3S/c1-16(2)14-26-21(30)15-32-24(31)19-13-20(18-9-7-17(3)8-10-18)27-23-22(19)33-25(28-23)29-11-5-4-6-12-29/h7-10,13,16H,4-6,11-12,14-15H2,1-3H3,(H,26,30). The minimum Gasteiger partial charge on any atom is -0.452 e. The normalized spacial score (nSPS) is 14.0. The number of piperidine rings is 1. The summed E-state index contributed by atoms with van der Waals surface area (Å²) in [5.41, 5.74) is 3.64. The number of nitrogens with zero attached hydrogens (tertiary/aromatic N) is 3. The first-order valence-electron chi connectivity index (χ1n) is 11.5. The fourth-order valence-electron chi connectivity index (χ4n) is 3.72. The third kappa shape index (κ3) is 5.68. The van der Waals surface area contributed by atoms with Crippen molar-refractivity contribution in [3.63, 3.8) is 0 Å². The summed E-state index contributed by atoms with van der Waals surface area (Å²) in [6.07, 6.45) is 3.50. The number of esters is 1. The van der Waals surface area contributed by atoms with Gasteiger partial charge in [0.1, 0.15) is 0 Å². The number of carbonyl (C=O) groups excluding carboxylic acids is 2. The van der Waals surface area contributed by atoms with Crippen molar-refractivity contribution < 1.29 is 14.3 Å². The summed E-state index contributed by atoms with van der Waals surface area (Å²) in [4.78, 5) is 36.9. The van der Waals surface area contributed by atoms with Gasteiger partial charge in [0.25, 0.3) is 5.91 Å². The number of hydrogen-bond acceptors (Lipinski definition) is 7. The first-order chi connectivity index (χ1) is 15.9. The Labute approximate surface area is 198 Å². The fourth-order valence-corrected chi connectivity index (χ4v) is 4.78. The molecule has 3 heterocycles. The molecule has 7 nitrogen and oxygen atoms in total. The van der Waals surface area contributed by atoms with E-state index < -0.39 is 5.97 Å². The Hall–Kier alpha value is -3.00. The number of thiazole rings is 1. The van der Waals surface area contributed by atoms with E-state index in [1.54, 1.807) is 6.07 Å². The Kier molecular flexibility index (Phi) is 7.23. The van der Waals surface area contributed by atoms with Gasteiger partial charge >= 0.3 is 5.97 Å². The van der Waals surface area contributed by atoms with Crippen LogP contribution in [0.1, 0.15) is 49.0 Å². The highest BCUT2D eigenvalue weighted by Gasteiger charge is 2.22. The molecule has 1 saturated heterocycles. The van der Waals surface area contributed by atoms with Crippen LogP contribution in [0.2, 0.25) is 0 Å². The highest BCUT2D eigenvalue weighted by atomic mass is 32.1. The van der Waals surface area contributed by atoms with Gasteiger partial charge in [0.15, 0.2) is 17.4 Å². The maximum Gasteiger partial charge on any atom is 0.340 e. The van der Waals surface area contributed by atoms with Gasteiger partial charge in [-0.1, -0.05) is 55.0 Å². The molecule has 1 aliphatic heterocycles. The van der Waals surface area contributed by atoms with Gasteiger partial charge in [0.2, 0.25) is 0 Å². The van der Waals surface area contributed by atoms with Crippen LogP contribution in [0.3, 0.4) is 0 Å². The van der Waals surface area contributed by atoms with Crippen LogP contribution in [0.25, 0.3) is 21.6 Å². The van der Waals surface area contributed by atoms with Crippen LogP contribution >= 0.6 is 11.3 Å². The molecule has 3 aromatic rings. The molecule has 0 unspecified atom stereocenters. The number of rotatable bonds is 7. The summed E-state index contributed by atoms with van der Waals surface area (Å²) < 4.78 is 6.08. The maximum atomic E-state index is 13.1. The number of benzene rings is 1. The summed E-state index contributed by atoms with van der Waals surface area (Å²) in [5, 5.41) is 3.65. The molecule has 0 aliphatic carbocycles. The van der Waals surface area contributed by atoms with Crippen molar-refractivity contribution in [3.05, 3.63) is 41.5 Å². The predicted molar refractivity (Wildman–Crippen MR) is 132 cm³/mol. The lowest BCUT2D eigenvalue weighted by Crippen LogP contribution is -2.31. The van der Waals surface area contributed by atoms with Gasteiger partial charge in [-0.25, -0.2) is 9.78 Å². The Morgan fingerprint density at radius 3 is 2.55 bits per heavy atom. The second-order valence-electron chi connectivity index (χ2n) is 8.89. The average Bonchev–Trinajstić information content (AvgIpc) is 3.26. The van der Waals surface area contributed by atoms with Crippen LogP contribution in [0, 0.1) is 12.8 Å². The number of carbonyl (C=O) groups is 2. The lowest BCUT2D eigenvalue weighted by molar-refractivity contribution is -0.124. The summed E-state index contributed by atoms with van der Waals surface area (Å²) in [7, 11) is 0. The van der Waals surface area contributed by atoms with Crippen LogP contribution in [-0.4, -0.2) is 48.1 Å². The Morgan fingerprint density at radius 2 is 1.85 bits per heavy atom. The fraction of sp³-hybridized carbons (Fsp3) is 0.440. The highest BCUT2D eigenvalue weighted by molar-refractivity contribution is 7.22. The first-order valence-corrected chi connectivity index (χ1v) is 12.3. The van der Waals surface area contributed by atoms with Crippen molar-refractivity contribution in [3.8, 4) is 11.3 Å². The van der Waals surface area contributed by atoms with Crippen LogP contribution in [0.4, 0.5) is 5.13 Å². The Balaban J connectivity index is 1.65. The van der Waals surface area contributed by atoms with E-state index >= 15 is 0 Å². The zero-order chi connectivity index (χ0) is 23.4. The van der Waals surface area contributed by atoms with Crippen molar-refractivity contribution in [1.29, 1.82) is 0 Å². The number of fused-ring (bicyclic) bond motifs is 1. The monoisotopic (exact) mass is 466 g/mol. The van der Waals surface area contributed by atoms with E-state index in [1.165, 1.54) is 17.8 Å². The van der Waals surface area contributed by atoms with E-state index in [4.69, 9.17) is 14.7 Å². The highest BCUT2D eigenvalue weighted by Crippen LogP contribution is 2.34. The van der Waals surface area contributed by atoms with E-state index in [-0.39, 0.29) is 12.5 Å². The molecule has 1 fully saturated rings. The van der Waals surface area contributed by atoms with Crippen molar-refractivity contribution in [2.75, 3.05) is 31.1 Å². The molecule has 8 heteroatoms. The van der Waals surface area contributed by atoms with E-state index in [1.807, 2.05) is 45.0 Å². The van der Waals surface area contributed by atoms with Gasteiger partial charge in [-0.05, 0) is 38.2 Å². The first kappa shape index (κ1) is 23.2. The van der Waals surface area contributed by atoms with E-state index in [0.29, 0.717) is 34.1 Å². The number of anilines is 1. The molecule has 33 heavy (non-hydrogen) atoms. The number of ether oxygens (including phenoxy) is 1. The van der Waals surface area contributed by atoms with Gasteiger partial charge in [0, 0.05) is 25.2 Å². The van der Waals surface area contributed by atoms with Gasteiger partial charge in [-0.3, -0.25) is 4.79 Å². The quantitative estimate of drug-likeness (QED) is 0.513. The topological polar surface area (TPSA) is 84.4 Å². The molecule has 1 amide bonds. The molecular formula is C25H30N4O3S. The third-order valence-electron chi connectivity index (χ3n) is 5.59. The molecule has 4 rings (SSSR count). The summed E-state index contributed by atoms with van der Waals surface area (Å²) in [5.74, 6) is -0.518. The molecule has 1 aliphatic rings. The van der Waals surface area contributed by atoms with E-state index in [0.717, 1.165) is 42.2 Å². The number of aryl methyl sites for hydroxylation is 1. The Morgan fingerprint density at radius 1 is 1.12 bits per heavy atom. The molecule has 0 radical (unpaired) electrons. The molecule has 0 spiro atoms. The van der Waals surface area contributed by atoms with Crippen molar-refractivity contribution in [2.24, 2.45) is 5.92 Å². The van der Waals surface area contributed by atoms with E-state index in [9.17, 15) is 9.59 Å². The lowest BCUT2D eigenvalue weighted by atomic mass is 10.1. The number of amides is 1. The Bertz CT molecular complexity index is 1130. The van der Waals surface area contributed by atoms with Crippen molar-refractivity contribution in [2.45, 2.75) is 40.0 Å². The predicted octanol–water partition coefficient (Wildman–Crippen LogP) is 4.59. The molecule has 2 aromatic heterocycles. The SMILES string of the molecule is Cc1ccc(-c2cc(C(=O)OCC(=O)NCC(C)C)c3sc(N4CCCCC4)nc3n2)cc1. The van der Waals surface area contributed by atoms with Crippen molar-refractivity contribution >= 4 is 38.7 Å². The van der Waals surface area contributed by atoms with Crippen LogP contribution in [-0.2, 0) is 9.53 Å². The zero-order valence-electron chi connectivity index (χ0n) is 19.4. The summed E-state index contributed by atoms with van der Waals surface area (Å²) in [6.45, 7) is 8.20. The smallest absolute Gasteiger partial charge is 0.340 e. The van der Waals surface area contributed by atoms with E-state index in [2.05, 4.69) is 10.2 Å². The van der Waals surface area contributed by atoms with Gasteiger partial charge in [-0.2, -0.15) is 4.98 Å². The van der Waals surface area contributed by atoms with Gasteiger partial charge < -0.3 is 15.0 Å². The number of aromatic nitrogens is 2. The van der Waals surface area contributed by atoms with Crippen LogP contribution in [0.5, 0.6) is 0 Å². The zero-order valence-corrected chi connectivity index (χ0v) is 20.2. The number of pyridine rings is 1. The molecular weight excluding hydrogens is 436 g/mol. The summed E-state index contributed by atoms with van der Waals surface area (Å²) >= 11 is 1.46. The second kappa shape index (κ2) is 10.3. The van der Waals surface area contributed by atoms with Gasteiger partial charge in [0.05, 0.1) is 16.0 Å². The number of hydrogen-bond donors (Lipinski definition) is 1. The third-order valence-corrected chi connectivity index (χ3v) is 6.72. The lowest BCUT2D eigenvalue weighted by Gasteiger charge is -2.25. The summed E-state index contributed by atoms with van der Waals surface area (Å²) in [6, 6.07) is 9.74. The minimum absolute atomic E-state index is 0.306. The van der Waals surface area contributed by atoms with Crippen LogP contribution in [0.15, 0.2) is 30.3 Å². The van der Waals surface area contributed by atoms with Crippen LogP contribution < -0.4 is 10.2 Å². The molecule has 174 valence electrons.